The molecule has 25 heavy (non-hydrogen) atoms. The number of hydrogen-bond donors (Lipinski definition) is 1. The van der Waals surface area contributed by atoms with E-state index in [1.54, 1.807) is 27.7 Å². The lowest BCUT2D eigenvalue weighted by Crippen LogP contribution is -2.38. The summed E-state index contributed by atoms with van der Waals surface area (Å²) >= 11 is 3.29. The number of nitrogens with zero attached hydrogens (tertiary/aromatic N) is 2. The van der Waals surface area contributed by atoms with Crippen molar-refractivity contribution in [1.82, 2.24) is 10.3 Å². The third-order valence-corrected chi connectivity index (χ3v) is 6.58. The van der Waals surface area contributed by atoms with E-state index in [0.29, 0.717) is 6.42 Å². The van der Waals surface area contributed by atoms with Crippen molar-refractivity contribution < 1.29 is 9.59 Å². The minimum absolute atomic E-state index is 0.0114. The number of carbonyl (C=O) groups is 2. The fraction of sp³-hybridized carbons (Fsp3) is 0.389. The average Bonchev–Trinajstić information content (AvgIpc) is 3.01. The molecule has 5 nitrogen and oxygen atoms in total. The van der Waals surface area contributed by atoms with Gasteiger partial charge in [-0.15, -0.1) is 22.7 Å². The molecule has 0 aromatic carbocycles. The molecule has 1 aliphatic carbocycles. The maximum Gasteiger partial charge on any atom is 0.262 e. The van der Waals surface area contributed by atoms with Crippen molar-refractivity contribution in [2.24, 2.45) is 11.0 Å². The Kier molecular flexibility index (Phi) is 4.43. The first-order valence-electron chi connectivity index (χ1n) is 8.38. The van der Waals surface area contributed by atoms with E-state index in [1.807, 2.05) is 22.9 Å². The van der Waals surface area contributed by atoms with Crippen LogP contribution in [0, 0.1) is 12.8 Å². The number of hydrogen-bond acceptors (Lipinski definition) is 5. The molecule has 1 fully saturated rings. The average molecular weight is 374 g/mol. The predicted octanol–water partition coefficient (Wildman–Crippen LogP) is 3.32. The number of hydrazone groups is 1. The molecular weight excluding hydrogens is 354 g/mol. The summed E-state index contributed by atoms with van der Waals surface area (Å²) in [5.41, 5.74) is 2.12. The van der Waals surface area contributed by atoms with Gasteiger partial charge in [-0.25, -0.2) is 5.01 Å². The second-order valence-corrected chi connectivity index (χ2v) is 8.34. The van der Waals surface area contributed by atoms with Crippen LogP contribution in [0.15, 0.2) is 34.1 Å². The first-order chi connectivity index (χ1) is 12.1. The molecule has 0 unspecified atom stereocenters. The SMILES string of the molecule is Cc1ccsc1[C@@H]1CC(c2cccs2)=NN1C(=O)CNC(=O)C1CC1. The molecule has 2 aromatic heterocycles. The molecule has 4 rings (SSSR count). The van der Waals surface area contributed by atoms with Crippen LogP contribution in [0.2, 0.25) is 0 Å². The predicted molar refractivity (Wildman–Crippen MR) is 99.8 cm³/mol. The maximum absolute atomic E-state index is 12.7. The van der Waals surface area contributed by atoms with Crippen molar-refractivity contribution in [1.29, 1.82) is 0 Å². The summed E-state index contributed by atoms with van der Waals surface area (Å²) in [5.74, 6) is -0.0656. The van der Waals surface area contributed by atoms with Crippen molar-refractivity contribution in [2.75, 3.05) is 6.54 Å². The molecular formula is C18H19N3O2S2. The van der Waals surface area contributed by atoms with Crippen LogP contribution in [0.1, 0.15) is 40.6 Å². The van der Waals surface area contributed by atoms with Crippen molar-refractivity contribution >= 4 is 40.2 Å². The van der Waals surface area contributed by atoms with E-state index in [-0.39, 0.29) is 30.3 Å². The zero-order chi connectivity index (χ0) is 17.4. The van der Waals surface area contributed by atoms with Crippen LogP contribution in [-0.2, 0) is 9.59 Å². The molecule has 1 aliphatic heterocycles. The molecule has 2 amide bonds. The van der Waals surface area contributed by atoms with Gasteiger partial charge in [0.2, 0.25) is 5.91 Å². The number of thiophene rings is 2. The van der Waals surface area contributed by atoms with Crippen LogP contribution in [0.4, 0.5) is 0 Å². The van der Waals surface area contributed by atoms with E-state index < -0.39 is 0 Å². The van der Waals surface area contributed by atoms with E-state index in [9.17, 15) is 9.59 Å². The zero-order valence-electron chi connectivity index (χ0n) is 13.9. The van der Waals surface area contributed by atoms with Gasteiger partial charge in [-0.05, 0) is 48.2 Å². The van der Waals surface area contributed by atoms with Gasteiger partial charge in [0.15, 0.2) is 0 Å². The molecule has 1 N–H and O–H groups in total. The van der Waals surface area contributed by atoms with Gasteiger partial charge in [-0.3, -0.25) is 9.59 Å². The second kappa shape index (κ2) is 6.72. The minimum Gasteiger partial charge on any atom is -0.347 e. The molecule has 2 aromatic rings. The molecule has 0 bridgehead atoms. The van der Waals surface area contributed by atoms with E-state index in [0.717, 1.165) is 28.3 Å². The normalized spacial score (nSPS) is 19.8. The van der Waals surface area contributed by atoms with Crippen LogP contribution >= 0.6 is 22.7 Å². The van der Waals surface area contributed by atoms with Crippen molar-refractivity contribution in [2.45, 2.75) is 32.2 Å². The van der Waals surface area contributed by atoms with Crippen LogP contribution in [0.3, 0.4) is 0 Å². The molecule has 7 heteroatoms. The number of aryl methyl sites for hydroxylation is 1. The summed E-state index contributed by atoms with van der Waals surface area (Å²) in [7, 11) is 0. The van der Waals surface area contributed by atoms with Gasteiger partial charge in [0.05, 0.1) is 23.2 Å². The maximum atomic E-state index is 12.7. The first-order valence-corrected chi connectivity index (χ1v) is 10.1. The van der Waals surface area contributed by atoms with Crippen molar-refractivity contribution in [3.05, 3.63) is 44.3 Å². The number of rotatable bonds is 5. The van der Waals surface area contributed by atoms with E-state index >= 15 is 0 Å². The standard InChI is InChI=1S/C18H19N3O2S2/c1-11-6-8-25-17(11)14-9-13(15-3-2-7-24-15)20-21(14)16(22)10-19-18(23)12-4-5-12/h2-3,6-8,12,14H,4-5,9-10H2,1H3,(H,19,23)/t14-/m0/s1. The zero-order valence-corrected chi connectivity index (χ0v) is 15.5. The highest BCUT2D eigenvalue weighted by atomic mass is 32.1. The Morgan fingerprint density at radius 2 is 2.12 bits per heavy atom. The Morgan fingerprint density at radius 3 is 2.76 bits per heavy atom. The molecule has 0 saturated heterocycles. The molecule has 3 heterocycles. The van der Waals surface area contributed by atoms with Gasteiger partial charge < -0.3 is 5.32 Å². The van der Waals surface area contributed by atoms with Crippen LogP contribution in [0.25, 0.3) is 0 Å². The van der Waals surface area contributed by atoms with Crippen molar-refractivity contribution in [3.63, 3.8) is 0 Å². The highest BCUT2D eigenvalue weighted by Gasteiger charge is 2.36. The quantitative estimate of drug-likeness (QED) is 0.874. The third kappa shape index (κ3) is 3.39. The summed E-state index contributed by atoms with van der Waals surface area (Å²) in [4.78, 5) is 26.8. The topological polar surface area (TPSA) is 61.8 Å². The largest absolute Gasteiger partial charge is 0.347 e. The van der Waals surface area contributed by atoms with Gasteiger partial charge >= 0.3 is 0 Å². The summed E-state index contributed by atoms with van der Waals surface area (Å²) < 4.78 is 0. The monoisotopic (exact) mass is 373 g/mol. The van der Waals surface area contributed by atoms with E-state index in [4.69, 9.17) is 0 Å². The number of amides is 2. The van der Waals surface area contributed by atoms with Gasteiger partial charge in [0.25, 0.3) is 5.91 Å². The third-order valence-electron chi connectivity index (χ3n) is 4.54. The van der Waals surface area contributed by atoms with Gasteiger partial charge in [-0.2, -0.15) is 5.10 Å². The molecule has 0 spiro atoms. The number of carbonyl (C=O) groups excluding carboxylic acids is 2. The van der Waals surface area contributed by atoms with Crippen LogP contribution in [-0.4, -0.2) is 29.1 Å². The number of nitrogens with one attached hydrogen (secondary N) is 1. The van der Waals surface area contributed by atoms with E-state index in [1.165, 1.54) is 5.56 Å². The van der Waals surface area contributed by atoms with Gasteiger partial charge in [0, 0.05) is 17.2 Å². The Hall–Kier alpha value is -1.99. The lowest BCUT2D eigenvalue weighted by Gasteiger charge is -2.21. The Balaban J connectivity index is 1.54. The second-order valence-electron chi connectivity index (χ2n) is 6.44. The fourth-order valence-corrected chi connectivity index (χ4v) is 4.73. The highest BCUT2D eigenvalue weighted by Crippen LogP contribution is 2.37. The lowest BCUT2D eigenvalue weighted by atomic mass is 10.1. The molecule has 0 radical (unpaired) electrons. The van der Waals surface area contributed by atoms with E-state index in [2.05, 4.69) is 23.4 Å². The molecule has 2 aliphatic rings. The van der Waals surface area contributed by atoms with Crippen LogP contribution < -0.4 is 5.32 Å². The Bertz CT molecular complexity index is 821. The van der Waals surface area contributed by atoms with Crippen molar-refractivity contribution in [3.8, 4) is 0 Å². The minimum atomic E-state index is -0.154. The lowest BCUT2D eigenvalue weighted by molar-refractivity contribution is -0.134. The fourth-order valence-electron chi connectivity index (χ4n) is 3.00. The summed E-state index contributed by atoms with van der Waals surface area (Å²) in [6.45, 7) is 2.07. The summed E-state index contributed by atoms with van der Waals surface area (Å²) in [6.07, 6.45) is 2.58. The van der Waals surface area contributed by atoms with Crippen LogP contribution in [0.5, 0.6) is 0 Å². The van der Waals surface area contributed by atoms with Gasteiger partial charge in [0.1, 0.15) is 0 Å². The summed E-state index contributed by atoms with van der Waals surface area (Å²) in [6, 6.07) is 6.02. The Morgan fingerprint density at radius 1 is 1.28 bits per heavy atom. The molecule has 1 saturated carbocycles. The molecule has 130 valence electrons. The first kappa shape index (κ1) is 16.5. The van der Waals surface area contributed by atoms with Gasteiger partial charge in [-0.1, -0.05) is 6.07 Å². The summed E-state index contributed by atoms with van der Waals surface area (Å²) in [5, 5.41) is 13.0. The smallest absolute Gasteiger partial charge is 0.262 e. The highest BCUT2D eigenvalue weighted by molar-refractivity contribution is 7.12. The Labute approximate surface area is 154 Å². The molecule has 1 atom stereocenters.